The van der Waals surface area contributed by atoms with Crippen molar-refractivity contribution in [3.8, 4) is 0 Å². The number of aromatic nitrogens is 1. The third-order valence-corrected chi connectivity index (χ3v) is 3.83. The van der Waals surface area contributed by atoms with Crippen molar-refractivity contribution in [3.63, 3.8) is 0 Å². The summed E-state index contributed by atoms with van der Waals surface area (Å²) in [5, 5.41) is 6.91. The van der Waals surface area contributed by atoms with E-state index in [1.54, 1.807) is 0 Å². The summed E-state index contributed by atoms with van der Waals surface area (Å²) in [6.07, 6.45) is 5.50. The second-order valence-corrected chi connectivity index (χ2v) is 5.25. The summed E-state index contributed by atoms with van der Waals surface area (Å²) in [5.74, 6) is 0.932. The van der Waals surface area contributed by atoms with Crippen molar-refractivity contribution < 1.29 is 0 Å². The Kier molecular flexibility index (Phi) is 3.86. The van der Waals surface area contributed by atoms with Gasteiger partial charge in [0.2, 0.25) is 0 Å². The molecule has 1 aromatic carbocycles. The normalized spacial score (nSPS) is 17.4. The maximum atomic E-state index is 4.32. The fourth-order valence-corrected chi connectivity index (χ4v) is 2.90. The van der Waals surface area contributed by atoms with Crippen molar-refractivity contribution in [3.05, 3.63) is 53.7 Å². The quantitative estimate of drug-likeness (QED) is 0.879. The van der Waals surface area contributed by atoms with Gasteiger partial charge in [0.15, 0.2) is 0 Å². The molecule has 1 heterocycles. The van der Waals surface area contributed by atoms with E-state index < -0.39 is 0 Å². The Morgan fingerprint density at radius 2 is 2.15 bits per heavy atom. The first-order valence-corrected chi connectivity index (χ1v) is 7.41. The van der Waals surface area contributed by atoms with Gasteiger partial charge >= 0.3 is 0 Å². The third kappa shape index (κ3) is 2.77. The van der Waals surface area contributed by atoms with Crippen LogP contribution in [-0.4, -0.2) is 11.5 Å². The number of aryl methyl sites for hydroxylation is 1. The highest BCUT2D eigenvalue weighted by molar-refractivity contribution is 5.53. The lowest BCUT2D eigenvalue weighted by molar-refractivity contribution is 0.600. The largest absolute Gasteiger partial charge is 0.378 e. The minimum absolute atomic E-state index is 0.414. The van der Waals surface area contributed by atoms with Crippen molar-refractivity contribution >= 4 is 11.5 Å². The second-order valence-electron chi connectivity index (χ2n) is 5.25. The molecule has 2 N–H and O–H groups in total. The van der Waals surface area contributed by atoms with Crippen LogP contribution in [0.5, 0.6) is 0 Å². The molecular weight excluding hydrogens is 246 g/mol. The molecule has 104 valence electrons. The van der Waals surface area contributed by atoms with Crippen LogP contribution in [0.1, 0.15) is 36.9 Å². The molecule has 1 unspecified atom stereocenters. The molecule has 0 fully saturated rings. The lowest BCUT2D eigenvalue weighted by Crippen LogP contribution is -2.17. The van der Waals surface area contributed by atoms with Gasteiger partial charge in [-0.2, -0.15) is 0 Å². The van der Waals surface area contributed by atoms with E-state index >= 15 is 0 Å². The van der Waals surface area contributed by atoms with Crippen LogP contribution in [0.3, 0.4) is 0 Å². The van der Waals surface area contributed by atoms with Gasteiger partial charge in [0.1, 0.15) is 5.82 Å². The highest BCUT2D eigenvalue weighted by atomic mass is 15.0. The number of hydrogen-bond donors (Lipinski definition) is 2. The number of rotatable bonds is 4. The number of benzene rings is 1. The average molecular weight is 267 g/mol. The van der Waals surface area contributed by atoms with Gasteiger partial charge in [-0.15, -0.1) is 0 Å². The molecule has 1 aliphatic carbocycles. The first-order chi connectivity index (χ1) is 9.86. The van der Waals surface area contributed by atoms with Crippen molar-refractivity contribution in [2.45, 2.75) is 32.2 Å². The molecule has 2 aromatic rings. The van der Waals surface area contributed by atoms with Gasteiger partial charge in [0, 0.05) is 24.5 Å². The number of hydrogen-bond acceptors (Lipinski definition) is 3. The van der Waals surface area contributed by atoms with Gasteiger partial charge in [-0.05, 0) is 43.4 Å². The van der Waals surface area contributed by atoms with E-state index in [0.717, 1.165) is 18.1 Å². The van der Waals surface area contributed by atoms with E-state index in [0.29, 0.717) is 6.04 Å². The van der Waals surface area contributed by atoms with Gasteiger partial charge in [-0.25, -0.2) is 4.98 Å². The topological polar surface area (TPSA) is 37.0 Å². The van der Waals surface area contributed by atoms with Crippen LogP contribution in [-0.2, 0) is 6.42 Å². The lowest BCUT2D eigenvalue weighted by atomic mass is 9.87. The maximum absolute atomic E-state index is 4.32. The molecule has 0 bridgehead atoms. The summed E-state index contributed by atoms with van der Waals surface area (Å²) in [6.45, 7) is 2.97. The van der Waals surface area contributed by atoms with Crippen molar-refractivity contribution in [1.82, 2.24) is 4.98 Å². The van der Waals surface area contributed by atoms with Crippen LogP contribution in [0.4, 0.5) is 11.5 Å². The molecule has 1 aromatic heterocycles. The van der Waals surface area contributed by atoms with Crippen molar-refractivity contribution in [2.75, 3.05) is 17.2 Å². The Bertz CT molecular complexity index is 580. The fourth-order valence-electron chi connectivity index (χ4n) is 2.90. The Morgan fingerprint density at radius 3 is 3.05 bits per heavy atom. The standard InChI is InChI=1S/C17H21N3/c1-2-18-17-12-14(10-11-19-17)20-16-9-5-7-13-6-3-4-8-15(13)16/h3-4,6,8,10-12,16H,2,5,7,9H2,1H3,(H2,18,19,20). The molecule has 3 heteroatoms. The minimum Gasteiger partial charge on any atom is -0.378 e. The van der Waals surface area contributed by atoms with Gasteiger partial charge in [-0.3, -0.25) is 0 Å². The molecule has 0 saturated heterocycles. The number of nitrogens with zero attached hydrogens (tertiary/aromatic N) is 1. The number of pyridine rings is 1. The van der Waals surface area contributed by atoms with E-state index in [1.807, 2.05) is 12.3 Å². The SMILES string of the molecule is CCNc1cc(NC2CCCc3ccccc32)ccn1. The predicted octanol–water partition coefficient (Wildman–Crippen LogP) is 4.00. The molecule has 20 heavy (non-hydrogen) atoms. The molecule has 3 rings (SSSR count). The van der Waals surface area contributed by atoms with Crippen molar-refractivity contribution in [2.24, 2.45) is 0 Å². The van der Waals surface area contributed by atoms with Crippen LogP contribution < -0.4 is 10.6 Å². The summed E-state index contributed by atoms with van der Waals surface area (Å²) in [5.41, 5.74) is 4.07. The van der Waals surface area contributed by atoms with Gasteiger partial charge in [0.25, 0.3) is 0 Å². The van der Waals surface area contributed by atoms with E-state index in [1.165, 1.54) is 30.4 Å². The predicted molar refractivity (Wildman–Crippen MR) is 84.1 cm³/mol. The summed E-state index contributed by atoms with van der Waals surface area (Å²) in [4.78, 5) is 4.32. The highest BCUT2D eigenvalue weighted by Crippen LogP contribution is 2.32. The Labute approximate surface area is 120 Å². The molecule has 3 nitrogen and oxygen atoms in total. The summed E-state index contributed by atoms with van der Waals surface area (Å²) in [6, 6.07) is 13.3. The first kappa shape index (κ1) is 13.0. The molecule has 0 aliphatic heterocycles. The van der Waals surface area contributed by atoms with Crippen LogP contribution in [0.2, 0.25) is 0 Å². The molecule has 0 spiro atoms. The van der Waals surface area contributed by atoms with E-state index in [-0.39, 0.29) is 0 Å². The van der Waals surface area contributed by atoms with E-state index in [4.69, 9.17) is 0 Å². The Morgan fingerprint density at radius 1 is 1.25 bits per heavy atom. The molecule has 1 atom stereocenters. The zero-order chi connectivity index (χ0) is 13.8. The Hall–Kier alpha value is -2.03. The molecule has 0 saturated carbocycles. The summed E-state index contributed by atoms with van der Waals surface area (Å²) >= 11 is 0. The molecule has 0 radical (unpaired) electrons. The minimum atomic E-state index is 0.414. The summed E-state index contributed by atoms with van der Waals surface area (Å²) in [7, 11) is 0. The van der Waals surface area contributed by atoms with Crippen LogP contribution in [0, 0.1) is 0 Å². The van der Waals surface area contributed by atoms with E-state index in [9.17, 15) is 0 Å². The first-order valence-electron chi connectivity index (χ1n) is 7.41. The number of nitrogens with one attached hydrogen (secondary N) is 2. The third-order valence-electron chi connectivity index (χ3n) is 3.83. The highest BCUT2D eigenvalue weighted by Gasteiger charge is 2.19. The van der Waals surface area contributed by atoms with Crippen LogP contribution in [0.15, 0.2) is 42.6 Å². The smallest absolute Gasteiger partial charge is 0.127 e. The number of anilines is 2. The molecular formula is C17H21N3. The second kappa shape index (κ2) is 5.95. The number of fused-ring (bicyclic) bond motifs is 1. The molecule has 1 aliphatic rings. The fraction of sp³-hybridized carbons (Fsp3) is 0.353. The maximum Gasteiger partial charge on any atom is 0.127 e. The van der Waals surface area contributed by atoms with Gasteiger partial charge < -0.3 is 10.6 Å². The lowest BCUT2D eigenvalue weighted by Gasteiger charge is -2.27. The molecule has 0 amide bonds. The van der Waals surface area contributed by atoms with Gasteiger partial charge in [-0.1, -0.05) is 24.3 Å². The monoisotopic (exact) mass is 267 g/mol. The summed E-state index contributed by atoms with van der Waals surface area (Å²) < 4.78 is 0. The van der Waals surface area contributed by atoms with E-state index in [2.05, 4.69) is 52.9 Å². The van der Waals surface area contributed by atoms with Crippen molar-refractivity contribution in [1.29, 1.82) is 0 Å². The van der Waals surface area contributed by atoms with Crippen LogP contribution >= 0.6 is 0 Å². The Balaban J connectivity index is 1.80. The van der Waals surface area contributed by atoms with Crippen LogP contribution in [0.25, 0.3) is 0 Å². The zero-order valence-corrected chi connectivity index (χ0v) is 11.9. The zero-order valence-electron chi connectivity index (χ0n) is 11.9. The van der Waals surface area contributed by atoms with Gasteiger partial charge in [0.05, 0.1) is 6.04 Å². The average Bonchev–Trinajstić information content (AvgIpc) is 2.48.